The first kappa shape index (κ1) is 15.3. The summed E-state index contributed by atoms with van der Waals surface area (Å²) in [5.41, 5.74) is 0. The highest BCUT2D eigenvalue weighted by Gasteiger charge is 2.16. The topological polar surface area (TPSA) is 24.5 Å². The average molecular weight is 268 g/mol. The van der Waals surface area contributed by atoms with Crippen LogP contribution in [0.2, 0.25) is 0 Å². The molecule has 0 spiro atoms. The lowest BCUT2D eigenvalue weighted by molar-refractivity contribution is 0.0419. The molecule has 1 N–H and O–H groups in total. The maximum atomic E-state index is 5.55. The molecule has 1 heterocycles. The molecule has 0 amide bonds. The molecule has 1 aliphatic heterocycles. The van der Waals surface area contributed by atoms with Crippen LogP contribution < -0.4 is 5.32 Å². The van der Waals surface area contributed by atoms with Crippen LogP contribution in [-0.4, -0.2) is 50.8 Å². The van der Waals surface area contributed by atoms with Crippen LogP contribution in [0.25, 0.3) is 0 Å². The van der Waals surface area contributed by atoms with Gasteiger partial charge in [-0.15, -0.1) is 0 Å². The zero-order valence-electron chi connectivity index (χ0n) is 12.7. The van der Waals surface area contributed by atoms with E-state index in [1.807, 2.05) is 0 Å². The number of hydrogen-bond acceptors (Lipinski definition) is 3. The summed E-state index contributed by atoms with van der Waals surface area (Å²) in [6, 6.07) is 0.811. The highest BCUT2D eigenvalue weighted by molar-refractivity contribution is 4.72. The second-order valence-corrected chi connectivity index (χ2v) is 6.49. The summed E-state index contributed by atoms with van der Waals surface area (Å²) >= 11 is 0. The van der Waals surface area contributed by atoms with E-state index in [-0.39, 0.29) is 0 Å². The van der Waals surface area contributed by atoms with Crippen molar-refractivity contribution in [3.63, 3.8) is 0 Å². The van der Waals surface area contributed by atoms with Crippen molar-refractivity contribution < 1.29 is 4.74 Å². The first-order valence-corrected chi connectivity index (χ1v) is 8.34. The van der Waals surface area contributed by atoms with Crippen molar-refractivity contribution in [1.82, 2.24) is 10.2 Å². The Balaban J connectivity index is 1.47. The molecule has 1 atom stereocenters. The van der Waals surface area contributed by atoms with E-state index in [4.69, 9.17) is 4.74 Å². The lowest BCUT2D eigenvalue weighted by atomic mass is 9.95. The fourth-order valence-corrected chi connectivity index (χ4v) is 3.45. The average Bonchev–Trinajstić information content (AvgIpc) is 2.46. The Morgan fingerprint density at radius 3 is 2.68 bits per heavy atom. The number of ether oxygens (including phenoxy) is 1. The largest absolute Gasteiger partial charge is 0.381 e. The first-order valence-electron chi connectivity index (χ1n) is 8.34. The van der Waals surface area contributed by atoms with Crippen LogP contribution in [0, 0.1) is 5.92 Å². The molecule has 2 rings (SSSR count). The minimum atomic E-state index is 0.769. The van der Waals surface area contributed by atoms with Gasteiger partial charge in [-0.25, -0.2) is 0 Å². The second kappa shape index (κ2) is 8.93. The number of hydrogen-bond donors (Lipinski definition) is 1. The van der Waals surface area contributed by atoms with Gasteiger partial charge in [-0.1, -0.05) is 19.3 Å². The Labute approximate surface area is 119 Å². The van der Waals surface area contributed by atoms with Gasteiger partial charge in [-0.05, 0) is 58.2 Å². The van der Waals surface area contributed by atoms with Crippen LogP contribution in [0.3, 0.4) is 0 Å². The molecule has 0 aromatic carbocycles. The molecule has 1 saturated carbocycles. The number of rotatable bonds is 7. The van der Waals surface area contributed by atoms with Gasteiger partial charge in [0.05, 0.1) is 6.61 Å². The van der Waals surface area contributed by atoms with Crippen molar-refractivity contribution in [3.05, 3.63) is 0 Å². The summed E-state index contributed by atoms with van der Waals surface area (Å²) < 4.78 is 5.55. The van der Waals surface area contributed by atoms with Gasteiger partial charge in [0.2, 0.25) is 0 Å². The maximum Gasteiger partial charge on any atom is 0.0506 e. The van der Waals surface area contributed by atoms with E-state index in [0.717, 1.165) is 25.2 Å². The zero-order chi connectivity index (χ0) is 13.3. The summed E-state index contributed by atoms with van der Waals surface area (Å²) in [4.78, 5) is 2.49. The predicted octanol–water partition coefficient (Wildman–Crippen LogP) is 2.66. The van der Waals surface area contributed by atoms with E-state index >= 15 is 0 Å². The van der Waals surface area contributed by atoms with E-state index in [9.17, 15) is 0 Å². The van der Waals surface area contributed by atoms with E-state index in [1.54, 1.807) is 0 Å². The molecule has 112 valence electrons. The second-order valence-electron chi connectivity index (χ2n) is 6.49. The van der Waals surface area contributed by atoms with Crippen molar-refractivity contribution in [3.8, 4) is 0 Å². The van der Waals surface area contributed by atoms with Gasteiger partial charge in [-0.3, -0.25) is 0 Å². The molecule has 0 radical (unpaired) electrons. The van der Waals surface area contributed by atoms with Crippen LogP contribution in [0.4, 0.5) is 0 Å². The van der Waals surface area contributed by atoms with Gasteiger partial charge in [0.15, 0.2) is 0 Å². The molecule has 0 aromatic heterocycles. The monoisotopic (exact) mass is 268 g/mol. The van der Waals surface area contributed by atoms with Crippen molar-refractivity contribution in [2.75, 3.05) is 39.9 Å². The van der Waals surface area contributed by atoms with Gasteiger partial charge in [-0.2, -0.15) is 0 Å². The van der Waals surface area contributed by atoms with E-state index in [2.05, 4.69) is 17.3 Å². The third kappa shape index (κ3) is 6.24. The number of nitrogens with one attached hydrogen (secondary N) is 1. The fraction of sp³-hybridized carbons (Fsp3) is 1.00. The maximum absolute atomic E-state index is 5.55. The minimum absolute atomic E-state index is 0.769. The van der Waals surface area contributed by atoms with Crippen LogP contribution in [0.15, 0.2) is 0 Å². The van der Waals surface area contributed by atoms with Gasteiger partial charge >= 0.3 is 0 Å². The van der Waals surface area contributed by atoms with Crippen molar-refractivity contribution >= 4 is 0 Å². The van der Waals surface area contributed by atoms with Gasteiger partial charge in [0.1, 0.15) is 0 Å². The van der Waals surface area contributed by atoms with E-state index in [1.165, 1.54) is 71.0 Å². The standard InChI is InChI=1S/C16H32N2O/c1-18(13-15-7-5-12-19-14-15)11-6-10-17-16-8-3-2-4-9-16/h15-17H,2-14H2,1H3. The summed E-state index contributed by atoms with van der Waals surface area (Å²) in [6.45, 7) is 5.58. The molecular formula is C16H32N2O. The molecule has 1 saturated heterocycles. The Kier molecular flexibility index (Phi) is 7.18. The smallest absolute Gasteiger partial charge is 0.0506 e. The molecule has 1 aliphatic carbocycles. The Bertz CT molecular complexity index is 223. The molecule has 3 nitrogen and oxygen atoms in total. The molecule has 1 unspecified atom stereocenters. The van der Waals surface area contributed by atoms with Crippen molar-refractivity contribution in [1.29, 1.82) is 0 Å². The Morgan fingerprint density at radius 2 is 1.95 bits per heavy atom. The summed E-state index contributed by atoms with van der Waals surface area (Å²) in [5.74, 6) is 0.769. The fourth-order valence-electron chi connectivity index (χ4n) is 3.45. The highest BCUT2D eigenvalue weighted by atomic mass is 16.5. The third-order valence-electron chi connectivity index (χ3n) is 4.58. The Morgan fingerprint density at radius 1 is 1.11 bits per heavy atom. The third-order valence-corrected chi connectivity index (χ3v) is 4.58. The van der Waals surface area contributed by atoms with Gasteiger partial charge in [0.25, 0.3) is 0 Å². The van der Waals surface area contributed by atoms with E-state index in [0.29, 0.717) is 0 Å². The Hall–Kier alpha value is -0.120. The normalized spacial score (nSPS) is 25.9. The molecule has 3 heteroatoms. The molecule has 0 aromatic rings. The van der Waals surface area contributed by atoms with Gasteiger partial charge in [0, 0.05) is 19.2 Å². The molecule has 2 fully saturated rings. The van der Waals surface area contributed by atoms with Gasteiger partial charge < -0.3 is 15.0 Å². The molecule has 19 heavy (non-hydrogen) atoms. The van der Waals surface area contributed by atoms with Crippen LogP contribution in [0.1, 0.15) is 51.4 Å². The molecular weight excluding hydrogens is 236 g/mol. The molecule has 0 bridgehead atoms. The van der Waals surface area contributed by atoms with E-state index < -0.39 is 0 Å². The van der Waals surface area contributed by atoms with Crippen LogP contribution in [0.5, 0.6) is 0 Å². The quantitative estimate of drug-likeness (QED) is 0.718. The highest BCUT2D eigenvalue weighted by Crippen LogP contribution is 2.17. The summed E-state index contributed by atoms with van der Waals surface area (Å²) in [6.07, 6.45) is 11.0. The SMILES string of the molecule is CN(CCCNC1CCCCC1)CC1CCCOC1. The molecule has 2 aliphatic rings. The van der Waals surface area contributed by atoms with Crippen LogP contribution >= 0.6 is 0 Å². The zero-order valence-corrected chi connectivity index (χ0v) is 12.7. The predicted molar refractivity (Wildman–Crippen MR) is 80.5 cm³/mol. The number of nitrogens with zero attached hydrogens (tertiary/aromatic N) is 1. The summed E-state index contributed by atoms with van der Waals surface area (Å²) in [7, 11) is 2.26. The van der Waals surface area contributed by atoms with Crippen LogP contribution in [-0.2, 0) is 4.74 Å². The lowest BCUT2D eigenvalue weighted by Gasteiger charge is -2.27. The van der Waals surface area contributed by atoms with Crippen molar-refractivity contribution in [2.45, 2.75) is 57.4 Å². The summed E-state index contributed by atoms with van der Waals surface area (Å²) in [5, 5.41) is 3.73. The minimum Gasteiger partial charge on any atom is -0.381 e. The lowest BCUT2D eigenvalue weighted by Crippen LogP contribution is -2.35. The first-order chi connectivity index (χ1) is 9.34. The van der Waals surface area contributed by atoms with Crippen molar-refractivity contribution in [2.24, 2.45) is 5.92 Å².